The van der Waals surface area contributed by atoms with Crippen LogP contribution in [0.15, 0.2) is 18.2 Å². The molecule has 1 aliphatic carbocycles. The number of rotatable bonds is 8. The van der Waals surface area contributed by atoms with Crippen LogP contribution in [0, 0.1) is 5.92 Å². The fraction of sp³-hybridized carbons (Fsp3) is 0.565. The van der Waals surface area contributed by atoms with E-state index in [-0.39, 0.29) is 32.6 Å². The Balaban J connectivity index is 1.74. The largest absolute Gasteiger partial charge is 0.408 e. The number of halogens is 5. The van der Waals surface area contributed by atoms with Crippen molar-refractivity contribution in [3.63, 3.8) is 0 Å². The van der Waals surface area contributed by atoms with Gasteiger partial charge in [-0.1, -0.05) is 23.2 Å². The number of amides is 1. The number of carbonyl (C=O) groups excluding carboxylic acids is 1. The van der Waals surface area contributed by atoms with Crippen LogP contribution in [0.2, 0.25) is 10.0 Å². The van der Waals surface area contributed by atoms with Crippen LogP contribution in [-0.4, -0.2) is 54.4 Å². The predicted octanol–water partition coefficient (Wildman–Crippen LogP) is 5.57. The van der Waals surface area contributed by atoms with Crippen LogP contribution < -0.4 is 10.6 Å². The molecule has 1 aromatic heterocycles. The zero-order chi connectivity index (χ0) is 26.8. The van der Waals surface area contributed by atoms with E-state index in [0.29, 0.717) is 50.0 Å². The Hall–Kier alpha value is -1.98. The third kappa shape index (κ3) is 6.66. The Labute approximate surface area is 218 Å². The monoisotopic (exact) mass is 568 g/mol. The van der Waals surface area contributed by atoms with Gasteiger partial charge in [0.15, 0.2) is 5.69 Å². The van der Waals surface area contributed by atoms with Crippen LogP contribution in [0.25, 0.3) is 11.3 Å². The highest BCUT2D eigenvalue weighted by molar-refractivity contribution is 7.91. The zero-order valence-electron chi connectivity index (χ0n) is 20.1. The summed E-state index contributed by atoms with van der Waals surface area (Å²) in [4.78, 5) is 12.9. The van der Waals surface area contributed by atoms with Crippen molar-refractivity contribution in [1.29, 1.82) is 0 Å². The first-order valence-electron chi connectivity index (χ1n) is 11.6. The van der Waals surface area contributed by atoms with Gasteiger partial charge in [0.2, 0.25) is 0 Å². The second kappa shape index (κ2) is 11.2. The summed E-state index contributed by atoms with van der Waals surface area (Å²) in [7, 11) is -3.06. The molecule has 1 atom stereocenters. The first kappa shape index (κ1) is 28.6. The summed E-state index contributed by atoms with van der Waals surface area (Å²) < 4.78 is 63.6. The van der Waals surface area contributed by atoms with Crippen molar-refractivity contribution in [2.75, 3.05) is 18.1 Å². The molecule has 1 heterocycles. The van der Waals surface area contributed by atoms with Gasteiger partial charge >= 0.3 is 6.18 Å². The average molecular weight is 569 g/mol. The molecular weight excluding hydrogens is 540 g/mol. The third-order valence-corrected chi connectivity index (χ3v) is 8.81. The molecule has 1 aromatic carbocycles. The highest BCUT2D eigenvalue weighted by atomic mass is 35.5. The lowest BCUT2D eigenvalue weighted by Crippen LogP contribution is -2.34. The van der Waals surface area contributed by atoms with Crippen molar-refractivity contribution in [2.24, 2.45) is 5.92 Å². The van der Waals surface area contributed by atoms with Crippen molar-refractivity contribution >= 4 is 44.6 Å². The fourth-order valence-corrected chi connectivity index (χ4v) is 6.01. The van der Waals surface area contributed by atoms with E-state index in [1.807, 2.05) is 6.92 Å². The summed E-state index contributed by atoms with van der Waals surface area (Å²) >= 11 is 12.9. The van der Waals surface area contributed by atoms with Crippen LogP contribution in [0.3, 0.4) is 0 Å². The molecule has 1 saturated carbocycles. The minimum atomic E-state index is -4.41. The number of alkyl halides is 3. The number of hydrogen-bond acceptors (Lipinski definition) is 5. The van der Waals surface area contributed by atoms with Gasteiger partial charge in [-0.3, -0.25) is 9.48 Å². The maximum absolute atomic E-state index is 12.9. The highest BCUT2D eigenvalue weighted by Crippen LogP contribution is 2.37. The number of benzene rings is 1. The van der Waals surface area contributed by atoms with E-state index in [9.17, 15) is 26.4 Å². The Bertz CT molecular complexity index is 1210. The van der Waals surface area contributed by atoms with Gasteiger partial charge in [0.1, 0.15) is 15.9 Å². The summed E-state index contributed by atoms with van der Waals surface area (Å²) in [5.74, 6) is -0.306. The van der Waals surface area contributed by atoms with E-state index in [1.165, 1.54) is 29.1 Å². The number of anilines is 1. The van der Waals surface area contributed by atoms with Crippen molar-refractivity contribution < 1.29 is 26.4 Å². The molecule has 0 saturated heterocycles. The second-order valence-electron chi connectivity index (χ2n) is 9.11. The molecule has 2 N–H and O–H groups in total. The third-order valence-electron chi connectivity index (χ3n) is 6.46. The van der Waals surface area contributed by atoms with Crippen molar-refractivity contribution in [2.45, 2.75) is 63.5 Å². The maximum Gasteiger partial charge on any atom is 0.408 e. The molecule has 0 radical (unpaired) electrons. The smallest absolute Gasteiger partial charge is 0.374 e. The van der Waals surface area contributed by atoms with Gasteiger partial charge in [-0.2, -0.15) is 18.3 Å². The molecule has 1 aliphatic rings. The van der Waals surface area contributed by atoms with Crippen LogP contribution in [0.4, 0.5) is 18.9 Å². The van der Waals surface area contributed by atoms with Crippen molar-refractivity contribution in [1.82, 2.24) is 15.1 Å². The van der Waals surface area contributed by atoms with Crippen molar-refractivity contribution in [3.8, 4) is 11.3 Å². The first-order chi connectivity index (χ1) is 16.7. The van der Waals surface area contributed by atoms with E-state index in [2.05, 4.69) is 15.7 Å². The summed E-state index contributed by atoms with van der Waals surface area (Å²) in [6, 6.07) is 2.60. The molecule has 0 aliphatic heterocycles. The van der Waals surface area contributed by atoms with Crippen LogP contribution in [0.1, 0.15) is 50.0 Å². The van der Waals surface area contributed by atoms with Gasteiger partial charge in [0.05, 0.1) is 21.0 Å². The van der Waals surface area contributed by atoms with E-state index in [1.54, 1.807) is 0 Å². The number of nitrogens with zero attached hydrogens (tertiary/aromatic N) is 2. The van der Waals surface area contributed by atoms with Crippen LogP contribution in [0.5, 0.6) is 0 Å². The van der Waals surface area contributed by atoms with E-state index in [4.69, 9.17) is 23.2 Å². The van der Waals surface area contributed by atoms with Gasteiger partial charge in [0.25, 0.3) is 5.91 Å². The van der Waals surface area contributed by atoms with E-state index < -0.39 is 28.0 Å². The molecule has 1 fully saturated rings. The fourth-order valence-electron chi connectivity index (χ4n) is 4.28. The van der Waals surface area contributed by atoms with Gasteiger partial charge in [0, 0.05) is 30.6 Å². The lowest BCUT2D eigenvalue weighted by Gasteiger charge is -2.27. The molecule has 3 rings (SSSR count). The standard InChI is InChI=1S/C23H29Cl2F3N4O3S/c1-4-32-21(17-10-7-15(11-18(17)24)30-13(2)23(26,27)28)19(25)20(31-32)22(33)29-12-14-5-8-16(9-6-14)36(3,34)35/h7,10-11,13-14,16,30H,4-6,8-9,12H2,1-3H3,(H,29,33). The van der Waals surface area contributed by atoms with E-state index in [0.717, 1.165) is 6.92 Å². The number of nitrogens with one attached hydrogen (secondary N) is 2. The van der Waals surface area contributed by atoms with Gasteiger partial charge in [-0.25, -0.2) is 8.42 Å². The topological polar surface area (TPSA) is 93.1 Å². The van der Waals surface area contributed by atoms with Gasteiger partial charge < -0.3 is 10.6 Å². The van der Waals surface area contributed by atoms with E-state index >= 15 is 0 Å². The summed E-state index contributed by atoms with van der Waals surface area (Å²) in [5.41, 5.74) is 1.02. The zero-order valence-corrected chi connectivity index (χ0v) is 22.5. The number of aryl methyl sites for hydroxylation is 1. The minimum Gasteiger partial charge on any atom is -0.374 e. The predicted molar refractivity (Wildman–Crippen MR) is 135 cm³/mol. The average Bonchev–Trinajstić information content (AvgIpc) is 3.13. The number of carbonyl (C=O) groups is 1. The number of aromatic nitrogens is 2. The van der Waals surface area contributed by atoms with Crippen molar-refractivity contribution in [3.05, 3.63) is 33.9 Å². The summed E-state index contributed by atoms with van der Waals surface area (Å²) in [6.45, 7) is 3.56. The Morgan fingerprint density at radius 2 is 1.86 bits per heavy atom. The van der Waals surface area contributed by atoms with Gasteiger partial charge in [-0.15, -0.1) is 0 Å². The molecule has 13 heteroatoms. The Kier molecular flexibility index (Phi) is 8.88. The highest BCUT2D eigenvalue weighted by Gasteiger charge is 2.36. The first-order valence-corrected chi connectivity index (χ1v) is 14.3. The molecule has 200 valence electrons. The molecule has 2 aromatic rings. The second-order valence-corrected chi connectivity index (χ2v) is 12.2. The minimum absolute atomic E-state index is 0.0160. The molecular formula is C23H29Cl2F3N4O3S. The Morgan fingerprint density at radius 1 is 1.22 bits per heavy atom. The lowest BCUT2D eigenvalue weighted by molar-refractivity contribution is -0.138. The van der Waals surface area contributed by atoms with Crippen LogP contribution in [-0.2, 0) is 16.4 Å². The normalized spacial score (nSPS) is 19.7. The molecule has 1 unspecified atom stereocenters. The quantitative estimate of drug-likeness (QED) is 0.434. The number of sulfone groups is 1. The van der Waals surface area contributed by atoms with Gasteiger partial charge in [-0.05, 0) is 63.6 Å². The molecule has 36 heavy (non-hydrogen) atoms. The number of hydrogen-bond donors (Lipinski definition) is 2. The molecule has 1 amide bonds. The van der Waals surface area contributed by atoms with Crippen LogP contribution >= 0.6 is 23.2 Å². The summed E-state index contributed by atoms with van der Waals surface area (Å²) in [5, 5.41) is 9.44. The molecule has 0 spiro atoms. The SMILES string of the molecule is CCn1nc(C(=O)NCC2CCC(S(C)(=O)=O)CC2)c(Cl)c1-c1ccc(NC(C)C(F)(F)F)cc1Cl. The Morgan fingerprint density at radius 3 is 2.39 bits per heavy atom. The lowest BCUT2D eigenvalue weighted by atomic mass is 9.89. The molecule has 7 nitrogen and oxygen atoms in total. The molecule has 0 bridgehead atoms. The maximum atomic E-state index is 12.9. The summed E-state index contributed by atoms with van der Waals surface area (Å²) in [6.07, 6.45) is -0.625.